The van der Waals surface area contributed by atoms with Crippen LogP contribution >= 0.6 is 11.6 Å². The second-order valence-electron chi connectivity index (χ2n) is 12.9. The van der Waals surface area contributed by atoms with Crippen molar-refractivity contribution in [3.8, 4) is 16.9 Å². The normalized spacial score (nSPS) is 15.3. The number of halogens is 2. The monoisotopic (exact) mass is 664 g/mol. The van der Waals surface area contributed by atoms with Gasteiger partial charge in [0.05, 0.1) is 40.2 Å². The molecule has 5 rings (SSSR count). The average Bonchev–Trinajstić information content (AvgIpc) is 3.00. The number of fused-ring (bicyclic) bond motifs is 1. The Bertz CT molecular complexity index is 1940. The maximum Gasteiger partial charge on any atom is 0.410 e. The predicted molar refractivity (Wildman–Crippen MR) is 178 cm³/mol. The largest absolute Gasteiger partial charge is 0.465 e. The Morgan fingerprint density at radius 2 is 1.83 bits per heavy atom. The minimum Gasteiger partial charge on any atom is -0.465 e. The van der Waals surface area contributed by atoms with Gasteiger partial charge in [0.1, 0.15) is 17.2 Å². The molecule has 4 aromatic rings. The van der Waals surface area contributed by atoms with Crippen molar-refractivity contribution in [3.05, 3.63) is 74.7 Å². The lowest BCUT2D eigenvalue weighted by molar-refractivity contribution is 0.0218. The number of anilines is 1. The topological polar surface area (TPSA) is 120 Å². The first-order valence-corrected chi connectivity index (χ1v) is 15.7. The number of amides is 1. The smallest absolute Gasteiger partial charge is 0.410 e. The third-order valence-electron chi connectivity index (χ3n) is 7.92. The summed E-state index contributed by atoms with van der Waals surface area (Å²) < 4.78 is 27.2. The van der Waals surface area contributed by atoms with Crippen LogP contribution in [0.3, 0.4) is 0 Å². The number of carbonyl (C=O) groups is 2. The molecule has 1 unspecified atom stereocenters. The number of hydrogen-bond acceptors (Lipinski definition) is 9. The van der Waals surface area contributed by atoms with Crippen LogP contribution < -0.4 is 10.6 Å². The van der Waals surface area contributed by atoms with E-state index in [4.69, 9.17) is 26.1 Å². The van der Waals surface area contributed by atoms with Gasteiger partial charge in [-0.3, -0.25) is 4.98 Å². The molecule has 47 heavy (non-hydrogen) atoms. The van der Waals surface area contributed by atoms with E-state index in [2.05, 4.69) is 9.97 Å². The first-order valence-electron chi connectivity index (χ1n) is 15.3. The van der Waals surface area contributed by atoms with Crippen LogP contribution in [0.4, 0.5) is 15.0 Å². The van der Waals surface area contributed by atoms with E-state index in [1.165, 1.54) is 23.8 Å². The van der Waals surface area contributed by atoms with Crippen LogP contribution in [0.2, 0.25) is 5.02 Å². The van der Waals surface area contributed by atoms with E-state index in [0.717, 1.165) is 11.6 Å². The summed E-state index contributed by atoms with van der Waals surface area (Å²) in [7, 11) is 1.23. The number of piperazine rings is 1. The standard InChI is InChI=1S/C34H38ClFN6O5/c1-18(2)26-28(19(3)11-12-37-26)42-30-23(16-24(35)27(38-30)22-15-21(31(43)46-8)9-10-25(22)36)29(39-32(42)44)41-14-13-40(17-20(41)4)33(45)47-34(5,6)7/h9-12,15-16,18,20H,13-14,17H2,1-8H3. The van der Waals surface area contributed by atoms with Crippen LogP contribution in [0.5, 0.6) is 0 Å². The van der Waals surface area contributed by atoms with E-state index in [1.54, 1.807) is 23.2 Å². The van der Waals surface area contributed by atoms with Crippen LogP contribution in [0.1, 0.15) is 69.1 Å². The predicted octanol–water partition coefficient (Wildman–Crippen LogP) is 6.30. The Kier molecular flexibility index (Phi) is 9.27. The van der Waals surface area contributed by atoms with Crippen molar-refractivity contribution in [1.29, 1.82) is 0 Å². The number of aromatic nitrogens is 4. The van der Waals surface area contributed by atoms with E-state index in [9.17, 15) is 14.4 Å². The van der Waals surface area contributed by atoms with Crippen LogP contribution in [0, 0.1) is 12.7 Å². The fourth-order valence-electron chi connectivity index (χ4n) is 5.72. The first-order chi connectivity index (χ1) is 22.1. The van der Waals surface area contributed by atoms with Gasteiger partial charge in [0.25, 0.3) is 0 Å². The van der Waals surface area contributed by atoms with Crippen LogP contribution in [0.25, 0.3) is 28.0 Å². The Morgan fingerprint density at radius 3 is 2.47 bits per heavy atom. The molecule has 3 aromatic heterocycles. The fraction of sp³-hybridized carbons (Fsp3) is 0.412. The molecular formula is C34H38ClFN6O5. The molecule has 1 aliphatic heterocycles. The van der Waals surface area contributed by atoms with Gasteiger partial charge in [-0.1, -0.05) is 25.4 Å². The Labute approximate surface area is 277 Å². The number of rotatable bonds is 5. The van der Waals surface area contributed by atoms with Crippen molar-refractivity contribution in [2.75, 3.05) is 31.6 Å². The molecule has 1 atom stereocenters. The molecule has 0 radical (unpaired) electrons. The van der Waals surface area contributed by atoms with E-state index in [-0.39, 0.29) is 39.5 Å². The summed E-state index contributed by atoms with van der Waals surface area (Å²) in [6, 6.07) is 6.91. The van der Waals surface area contributed by atoms with Crippen molar-refractivity contribution in [1.82, 2.24) is 24.4 Å². The molecular weight excluding hydrogens is 627 g/mol. The van der Waals surface area contributed by atoms with Crippen LogP contribution in [0.15, 0.2) is 41.3 Å². The number of nitrogens with zero attached hydrogens (tertiary/aromatic N) is 6. The van der Waals surface area contributed by atoms with Crippen molar-refractivity contribution in [2.24, 2.45) is 0 Å². The van der Waals surface area contributed by atoms with Crippen molar-refractivity contribution in [3.63, 3.8) is 0 Å². The highest BCUT2D eigenvalue weighted by molar-refractivity contribution is 6.34. The van der Waals surface area contributed by atoms with Gasteiger partial charge in [0.15, 0.2) is 5.65 Å². The molecule has 0 saturated carbocycles. The van der Waals surface area contributed by atoms with Gasteiger partial charge in [0.2, 0.25) is 0 Å². The summed E-state index contributed by atoms with van der Waals surface area (Å²) in [6.07, 6.45) is 1.26. The van der Waals surface area contributed by atoms with Crippen LogP contribution in [-0.4, -0.2) is 74.9 Å². The maximum atomic E-state index is 15.4. The SMILES string of the molecule is COC(=O)c1ccc(F)c(-c2nc3c(cc2Cl)c(N2CCN(C(=O)OC(C)(C)C)CC2C)nc(=O)n3-c2c(C)ccnc2C(C)C)c1. The van der Waals surface area contributed by atoms with E-state index < -0.39 is 29.2 Å². The lowest BCUT2D eigenvalue weighted by Gasteiger charge is -2.41. The number of pyridine rings is 2. The molecule has 0 bridgehead atoms. The third-order valence-corrected chi connectivity index (χ3v) is 8.21. The van der Waals surface area contributed by atoms with Gasteiger partial charge in [0, 0.05) is 37.4 Å². The summed E-state index contributed by atoms with van der Waals surface area (Å²) >= 11 is 6.84. The number of benzene rings is 1. The maximum absolute atomic E-state index is 15.4. The lowest BCUT2D eigenvalue weighted by Crippen LogP contribution is -2.55. The highest BCUT2D eigenvalue weighted by Crippen LogP contribution is 2.36. The van der Waals surface area contributed by atoms with E-state index in [0.29, 0.717) is 42.2 Å². The summed E-state index contributed by atoms with van der Waals surface area (Å²) in [5.74, 6) is -1.05. The van der Waals surface area contributed by atoms with Gasteiger partial charge in [-0.2, -0.15) is 4.98 Å². The molecule has 248 valence electrons. The molecule has 1 fully saturated rings. The van der Waals surface area contributed by atoms with Gasteiger partial charge in [-0.25, -0.2) is 28.3 Å². The average molecular weight is 665 g/mol. The van der Waals surface area contributed by atoms with Gasteiger partial charge < -0.3 is 19.3 Å². The molecule has 11 nitrogen and oxygen atoms in total. The van der Waals surface area contributed by atoms with Crippen molar-refractivity contribution < 1.29 is 23.5 Å². The Balaban J connectivity index is 1.75. The quantitative estimate of drug-likeness (QED) is 0.226. The van der Waals surface area contributed by atoms with E-state index >= 15 is 4.39 Å². The number of methoxy groups -OCH3 is 1. The van der Waals surface area contributed by atoms with Crippen molar-refractivity contribution >= 4 is 40.5 Å². The summed E-state index contributed by atoms with van der Waals surface area (Å²) in [4.78, 5) is 56.9. The van der Waals surface area contributed by atoms with Crippen molar-refractivity contribution in [2.45, 2.75) is 66.0 Å². The molecule has 0 aliphatic carbocycles. The fourth-order valence-corrected chi connectivity index (χ4v) is 5.97. The zero-order chi connectivity index (χ0) is 34.4. The first kappa shape index (κ1) is 33.8. The highest BCUT2D eigenvalue weighted by atomic mass is 35.5. The van der Waals surface area contributed by atoms with Gasteiger partial charge in [-0.15, -0.1) is 0 Å². The van der Waals surface area contributed by atoms with Gasteiger partial charge in [-0.05, 0) is 76.4 Å². The molecule has 0 spiro atoms. The third kappa shape index (κ3) is 6.64. The number of hydrogen-bond donors (Lipinski definition) is 0. The van der Waals surface area contributed by atoms with E-state index in [1.807, 2.05) is 53.4 Å². The lowest BCUT2D eigenvalue weighted by atomic mass is 10.0. The molecule has 1 saturated heterocycles. The summed E-state index contributed by atoms with van der Waals surface area (Å²) in [6.45, 7) is 14.2. The molecule has 1 aliphatic rings. The zero-order valence-electron chi connectivity index (χ0n) is 27.7. The number of esters is 1. The summed E-state index contributed by atoms with van der Waals surface area (Å²) in [5.41, 5.74) is 0.957. The Morgan fingerprint density at radius 1 is 1.11 bits per heavy atom. The number of ether oxygens (including phenoxy) is 2. The zero-order valence-corrected chi connectivity index (χ0v) is 28.5. The Hall–Kier alpha value is -4.58. The second kappa shape index (κ2) is 12.9. The molecule has 13 heteroatoms. The number of aryl methyl sites for hydroxylation is 1. The highest BCUT2D eigenvalue weighted by Gasteiger charge is 2.33. The number of carbonyl (C=O) groups excluding carboxylic acids is 2. The molecule has 1 amide bonds. The molecule has 0 N–H and O–H groups in total. The molecule has 4 heterocycles. The second-order valence-corrected chi connectivity index (χ2v) is 13.3. The van der Waals surface area contributed by atoms with Crippen LogP contribution in [-0.2, 0) is 9.47 Å². The minimum atomic E-state index is -0.665. The summed E-state index contributed by atoms with van der Waals surface area (Å²) in [5, 5.41) is 0.525. The molecule has 1 aromatic carbocycles. The minimum absolute atomic E-state index is 0.0307. The van der Waals surface area contributed by atoms with Gasteiger partial charge >= 0.3 is 17.8 Å².